The zero-order chi connectivity index (χ0) is 8.77. The van der Waals surface area contributed by atoms with Crippen molar-refractivity contribution in [1.82, 2.24) is 10.6 Å². The zero-order valence-corrected chi connectivity index (χ0v) is 8.35. The number of fused-ring (bicyclic) bond motifs is 2. The highest BCUT2D eigenvalue weighted by atomic mass is 15.1. The topological polar surface area (TPSA) is 24.1 Å². The van der Waals surface area contributed by atoms with E-state index in [9.17, 15) is 0 Å². The van der Waals surface area contributed by atoms with E-state index in [1.54, 1.807) is 0 Å². The average molecular weight is 168 g/mol. The van der Waals surface area contributed by atoms with Crippen molar-refractivity contribution >= 4 is 0 Å². The molecule has 0 saturated carbocycles. The second-order valence-electron chi connectivity index (χ2n) is 5.30. The van der Waals surface area contributed by atoms with E-state index in [0.717, 1.165) is 12.1 Å². The highest BCUT2D eigenvalue weighted by Gasteiger charge is 2.40. The minimum absolute atomic E-state index is 0.396. The molecule has 70 valence electrons. The SMILES string of the molecule is CC(C)(C)C1NCC2CCC1N2. The van der Waals surface area contributed by atoms with Gasteiger partial charge in [0.15, 0.2) is 0 Å². The summed E-state index contributed by atoms with van der Waals surface area (Å²) in [6.45, 7) is 8.14. The van der Waals surface area contributed by atoms with E-state index in [0.29, 0.717) is 11.5 Å². The molecule has 0 aromatic heterocycles. The summed E-state index contributed by atoms with van der Waals surface area (Å²) in [6.07, 6.45) is 2.73. The van der Waals surface area contributed by atoms with E-state index in [4.69, 9.17) is 0 Å². The molecule has 0 spiro atoms. The smallest absolute Gasteiger partial charge is 0.0270 e. The predicted molar refractivity (Wildman–Crippen MR) is 51.2 cm³/mol. The maximum absolute atomic E-state index is 3.68. The normalized spacial score (nSPS) is 41.8. The first-order valence-electron chi connectivity index (χ1n) is 5.07. The van der Waals surface area contributed by atoms with Crippen molar-refractivity contribution in [2.75, 3.05) is 6.54 Å². The molecule has 2 rings (SSSR count). The monoisotopic (exact) mass is 168 g/mol. The van der Waals surface area contributed by atoms with Crippen molar-refractivity contribution in [3.63, 3.8) is 0 Å². The summed E-state index contributed by atoms with van der Waals surface area (Å²) in [5.74, 6) is 0. The van der Waals surface area contributed by atoms with Crippen molar-refractivity contribution in [1.29, 1.82) is 0 Å². The van der Waals surface area contributed by atoms with E-state index in [1.165, 1.54) is 19.4 Å². The molecule has 0 amide bonds. The summed E-state index contributed by atoms with van der Waals surface area (Å²) in [7, 11) is 0. The molecule has 0 aliphatic carbocycles. The first kappa shape index (κ1) is 8.52. The Morgan fingerprint density at radius 2 is 1.92 bits per heavy atom. The summed E-state index contributed by atoms with van der Waals surface area (Å²) in [5, 5.41) is 7.34. The molecule has 0 aromatic rings. The molecular formula is C10H20N2. The van der Waals surface area contributed by atoms with Crippen LogP contribution in [0.2, 0.25) is 0 Å². The Morgan fingerprint density at radius 3 is 2.58 bits per heavy atom. The first-order valence-corrected chi connectivity index (χ1v) is 5.07. The Morgan fingerprint density at radius 1 is 1.17 bits per heavy atom. The Bertz CT molecular complexity index is 171. The lowest BCUT2D eigenvalue weighted by Gasteiger charge is -2.40. The average Bonchev–Trinajstić information content (AvgIpc) is 2.30. The molecular weight excluding hydrogens is 148 g/mol. The third kappa shape index (κ3) is 1.38. The van der Waals surface area contributed by atoms with Gasteiger partial charge in [-0.1, -0.05) is 20.8 Å². The molecule has 0 aromatic carbocycles. The predicted octanol–water partition coefficient (Wildman–Crippen LogP) is 1.12. The molecule has 2 aliphatic rings. The second-order valence-corrected chi connectivity index (χ2v) is 5.30. The molecule has 3 atom stereocenters. The lowest BCUT2D eigenvalue weighted by Crippen LogP contribution is -2.60. The fourth-order valence-electron chi connectivity index (χ4n) is 2.60. The van der Waals surface area contributed by atoms with Crippen molar-refractivity contribution in [3.05, 3.63) is 0 Å². The lowest BCUT2D eigenvalue weighted by atomic mass is 9.81. The maximum Gasteiger partial charge on any atom is 0.0270 e. The van der Waals surface area contributed by atoms with Crippen LogP contribution >= 0.6 is 0 Å². The fourth-order valence-corrected chi connectivity index (χ4v) is 2.60. The number of hydrogen-bond donors (Lipinski definition) is 2. The van der Waals surface area contributed by atoms with Crippen LogP contribution < -0.4 is 10.6 Å². The van der Waals surface area contributed by atoms with Gasteiger partial charge in [-0.05, 0) is 18.3 Å². The Balaban J connectivity index is 2.07. The summed E-state index contributed by atoms with van der Waals surface area (Å²) < 4.78 is 0. The summed E-state index contributed by atoms with van der Waals surface area (Å²) in [6, 6.07) is 2.15. The van der Waals surface area contributed by atoms with Crippen LogP contribution in [0.5, 0.6) is 0 Å². The van der Waals surface area contributed by atoms with Gasteiger partial charge >= 0.3 is 0 Å². The van der Waals surface area contributed by atoms with E-state index in [2.05, 4.69) is 31.4 Å². The second kappa shape index (κ2) is 2.71. The lowest BCUT2D eigenvalue weighted by molar-refractivity contribution is 0.192. The number of nitrogens with one attached hydrogen (secondary N) is 2. The van der Waals surface area contributed by atoms with Crippen molar-refractivity contribution in [2.45, 2.75) is 51.7 Å². The third-order valence-corrected chi connectivity index (χ3v) is 3.20. The van der Waals surface area contributed by atoms with E-state index in [-0.39, 0.29) is 0 Å². The van der Waals surface area contributed by atoms with Crippen molar-refractivity contribution in [2.24, 2.45) is 5.41 Å². The molecule has 12 heavy (non-hydrogen) atoms. The third-order valence-electron chi connectivity index (χ3n) is 3.20. The van der Waals surface area contributed by atoms with Crippen LogP contribution in [0.25, 0.3) is 0 Å². The van der Waals surface area contributed by atoms with Crippen LogP contribution in [0.15, 0.2) is 0 Å². The molecule has 2 nitrogen and oxygen atoms in total. The molecule has 0 radical (unpaired) electrons. The first-order chi connectivity index (χ1) is 5.57. The summed E-state index contributed by atoms with van der Waals surface area (Å²) in [5.41, 5.74) is 0.396. The van der Waals surface area contributed by atoms with Gasteiger partial charge in [-0.2, -0.15) is 0 Å². The highest BCUT2D eigenvalue weighted by molar-refractivity contribution is 5.01. The molecule has 2 fully saturated rings. The van der Waals surface area contributed by atoms with Crippen molar-refractivity contribution < 1.29 is 0 Å². The van der Waals surface area contributed by atoms with Gasteiger partial charge < -0.3 is 10.6 Å². The number of hydrogen-bond acceptors (Lipinski definition) is 2. The Hall–Kier alpha value is -0.0800. The van der Waals surface area contributed by atoms with E-state index < -0.39 is 0 Å². The van der Waals surface area contributed by atoms with Gasteiger partial charge in [0.25, 0.3) is 0 Å². The molecule has 2 N–H and O–H groups in total. The summed E-state index contributed by atoms with van der Waals surface area (Å²) >= 11 is 0. The van der Waals surface area contributed by atoms with Gasteiger partial charge in [-0.15, -0.1) is 0 Å². The van der Waals surface area contributed by atoms with Crippen LogP contribution in [0.3, 0.4) is 0 Å². The Labute approximate surface area is 75.1 Å². The fraction of sp³-hybridized carbons (Fsp3) is 1.00. The van der Waals surface area contributed by atoms with E-state index >= 15 is 0 Å². The zero-order valence-electron chi connectivity index (χ0n) is 8.35. The highest BCUT2D eigenvalue weighted by Crippen LogP contribution is 2.30. The van der Waals surface area contributed by atoms with Gasteiger partial charge in [0.05, 0.1) is 0 Å². The molecule has 2 heterocycles. The maximum atomic E-state index is 3.68. The summed E-state index contributed by atoms with van der Waals surface area (Å²) in [4.78, 5) is 0. The minimum Gasteiger partial charge on any atom is -0.310 e. The number of rotatable bonds is 0. The standard InChI is InChI=1S/C10H20N2/c1-10(2,3)9-8-5-4-7(12-8)6-11-9/h7-9,11-12H,4-6H2,1-3H3. The van der Waals surface area contributed by atoms with Gasteiger partial charge in [0.2, 0.25) is 0 Å². The molecule has 2 bridgehead atoms. The number of piperazine rings is 1. The van der Waals surface area contributed by atoms with E-state index in [1.807, 2.05) is 0 Å². The van der Waals surface area contributed by atoms with Crippen molar-refractivity contribution in [3.8, 4) is 0 Å². The van der Waals surface area contributed by atoms with Crippen LogP contribution in [0.1, 0.15) is 33.6 Å². The van der Waals surface area contributed by atoms with Crippen LogP contribution in [-0.2, 0) is 0 Å². The van der Waals surface area contributed by atoms with Gasteiger partial charge in [-0.25, -0.2) is 0 Å². The molecule has 2 saturated heterocycles. The van der Waals surface area contributed by atoms with Crippen LogP contribution in [0, 0.1) is 5.41 Å². The van der Waals surface area contributed by atoms with Gasteiger partial charge in [-0.3, -0.25) is 0 Å². The molecule has 2 heteroatoms. The largest absolute Gasteiger partial charge is 0.310 e. The van der Waals surface area contributed by atoms with Crippen LogP contribution in [-0.4, -0.2) is 24.7 Å². The van der Waals surface area contributed by atoms with Crippen LogP contribution in [0.4, 0.5) is 0 Å². The minimum atomic E-state index is 0.396. The van der Waals surface area contributed by atoms with Gasteiger partial charge in [0.1, 0.15) is 0 Å². The quantitative estimate of drug-likeness (QED) is 0.566. The van der Waals surface area contributed by atoms with Gasteiger partial charge in [0, 0.05) is 24.7 Å². The molecule has 2 aliphatic heterocycles. The molecule has 3 unspecified atom stereocenters. The Kier molecular flexibility index (Phi) is 1.92.